The molecule has 2 aromatic rings. The van der Waals surface area contributed by atoms with Gasteiger partial charge in [0.25, 0.3) is 0 Å². The number of carbonyl (C=O) groups excluding carboxylic acids is 1. The number of nitrogens with zero attached hydrogens (tertiary/aromatic N) is 6. The Morgan fingerprint density at radius 2 is 2.00 bits per heavy atom. The molecule has 4 saturated heterocycles. The molecule has 5 heterocycles. The van der Waals surface area contributed by atoms with Gasteiger partial charge in [0.2, 0.25) is 5.91 Å². The Kier molecular flexibility index (Phi) is 6.01. The molecule has 0 radical (unpaired) electrons. The maximum Gasteiger partial charge on any atom is 0.227 e. The maximum atomic E-state index is 13.4. The van der Waals surface area contributed by atoms with Crippen molar-refractivity contribution in [2.24, 2.45) is 17.6 Å². The number of anilines is 1. The van der Waals surface area contributed by atoms with Gasteiger partial charge in [-0.05, 0) is 37.4 Å². The fourth-order valence-corrected chi connectivity index (χ4v) is 5.64. The number of fused-ring (bicyclic) bond motifs is 3. The highest BCUT2D eigenvalue weighted by Crippen LogP contribution is 2.38. The highest BCUT2D eigenvalue weighted by Gasteiger charge is 2.44. The second-order valence-electron chi connectivity index (χ2n) is 9.16. The molecule has 2 N–H and O–H groups in total. The molecule has 1 amide bonds. The lowest BCUT2D eigenvalue weighted by atomic mass is 9.75. The van der Waals surface area contributed by atoms with E-state index in [9.17, 15) is 4.79 Å². The second kappa shape index (κ2) is 9.07. The first-order valence-corrected chi connectivity index (χ1v) is 11.7. The summed E-state index contributed by atoms with van der Waals surface area (Å²) in [6.45, 7) is 6.38. The minimum atomic E-state index is 0.119. The largest absolute Gasteiger partial charge is 0.495 e. The first-order valence-electron chi connectivity index (χ1n) is 11.7. The van der Waals surface area contributed by atoms with E-state index in [4.69, 9.17) is 10.5 Å². The number of hydrogen-bond acceptors (Lipinski definition) is 7. The van der Waals surface area contributed by atoms with Gasteiger partial charge in [-0.1, -0.05) is 17.3 Å². The zero-order valence-electron chi connectivity index (χ0n) is 18.8. The first kappa shape index (κ1) is 21.2. The Bertz CT molecular complexity index is 940. The SMILES string of the molecule is COc1ccccc1N1CCN(C(=O)[C@H]2CN3CC[C@@H]2C[C@@H]3Cn2cc(CN)nn2)CC1. The molecule has 4 fully saturated rings. The van der Waals surface area contributed by atoms with Crippen molar-refractivity contribution >= 4 is 11.6 Å². The van der Waals surface area contributed by atoms with Crippen molar-refractivity contribution in [1.82, 2.24) is 24.8 Å². The van der Waals surface area contributed by atoms with Gasteiger partial charge in [0.15, 0.2) is 0 Å². The van der Waals surface area contributed by atoms with Crippen molar-refractivity contribution < 1.29 is 9.53 Å². The predicted octanol–water partition coefficient (Wildman–Crippen LogP) is 0.805. The average molecular weight is 440 g/mol. The van der Waals surface area contributed by atoms with Gasteiger partial charge in [0.05, 0.1) is 31.0 Å². The molecule has 9 nitrogen and oxygen atoms in total. The Morgan fingerprint density at radius 3 is 2.69 bits per heavy atom. The van der Waals surface area contributed by atoms with Crippen LogP contribution in [0, 0.1) is 11.8 Å². The second-order valence-corrected chi connectivity index (χ2v) is 9.16. The van der Waals surface area contributed by atoms with Crippen LogP contribution in [0.1, 0.15) is 18.5 Å². The minimum absolute atomic E-state index is 0.119. The number of rotatable bonds is 6. The molecule has 0 spiro atoms. The van der Waals surface area contributed by atoms with E-state index in [1.54, 1.807) is 7.11 Å². The quantitative estimate of drug-likeness (QED) is 0.712. The maximum absolute atomic E-state index is 13.4. The lowest BCUT2D eigenvalue weighted by Gasteiger charge is -2.50. The smallest absolute Gasteiger partial charge is 0.227 e. The van der Waals surface area contributed by atoms with Crippen LogP contribution in [0.2, 0.25) is 0 Å². The Hall–Kier alpha value is -2.65. The summed E-state index contributed by atoms with van der Waals surface area (Å²) < 4.78 is 7.42. The molecule has 9 heteroatoms. The van der Waals surface area contributed by atoms with Crippen LogP contribution in [0.15, 0.2) is 30.5 Å². The van der Waals surface area contributed by atoms with Crippen molar-refractivity contribution in [3.05, 3.63) is 36.2 Å². The molecule has 4 aliphatic heterocycles. The van der Waals surface area contributed by atoms with E-state index in [0.717, 1.165) is 75.8 Å². The van der Waals surface area contributed by atoms with Crippen molar-refractivity contribution in [2.45, 2.75) is 32.0 Å². The molecule has 172 valence electrons. The van der Waals surface area contributed by atoms with E-state index in [1.807, 2.05) is 29.1 Å². The van der Waals surface area contributed by atoms with Crippen LogP contribution in [0.4, 0.5) is 5.69 Å². The molecule has 0 aliphatic carbocycles. The van der Waals surface area contributed by atoms with Crippen molar-refractivity contribution in [3.63, 3.8) is 0 Å². The molecule has 32 heavy (non-hydrogen) atoms. The predicted molar refractivity (Wildman–Crippen MR) is 121 cm³/mol. The molecule has 6 rings (SSSR count). The summed E-state index contributed by atoms with van der Waals surface area (Å²) in [5.74, 6) is 1.81. The van der Waals surface area contributed by atoms with Crippen LogP contribution in [0.3, 0.4) is 0 Å². The summed E-state index contributed by atoms with van der Waals surface area (Å²) in [7, 11) is 1.71. The highest BCUT2D eigenvalue weighted by molar-refractivity contribution is 5.80. The number of aromatic nitrogens is 3. The number of ether oxygens (including phenoxy) is 1. The van der Waals surface area contributed by atoms with Crippen LogP contribution in [0.25, 0.3) is 0 Å². The minimum Gasteiger partial charge on any atom is -0.495 e. The number of amides is 1. The number of piperidine rings is 3. The summed E-state index contributed by atoms with van der Waals surface area (Å²) in [5.41, 5.74) is 7.59. The van der Waals surface area contributed by atoms with E-state index in [2.05, 4.69) is 31.1 Å². The molecule has 4 aliphatic rings. The van der Waals surface area contributed by atoms with Gasteiger partial charge < -0.3 is 20.3 Å². The number of hydrogen-bond donors (Lipinski definition) is 1. The van der Waals surface area contributed by atoms with Gasteiger partial charge in [0, 0.05) is 51.5 Å². The summed E-state index contributed by atoms with van der Waals surface area (Å²) in [6.07, 6.45) is 4.10. The van der Waals surface area contributed by atoms with E-state index in [-0.39, 0.29) is 5.92 Å². The third-order valence-electron chi connectivity index (χ3n) is 7.41. The monoisotopic (exact) mass is 439 g/mol. The fraction of sp³-hybridized carbons (Fsp3) is 0.609. The zero-order valence-corrected chi connectivity index (χ0v) is 18.8. The molecule has 1 unspecified atom stereocenters. The van der Waals surface area contributed by atoms with Crippen molar-refractivity contribution in [3.8, 4) is 5.75 Å². The number of benzene rings is 1. The molecular weight excluding hydrogens is 406 g/mol. The lowest BCUT2D eigenvalue weighted by molar-refractivity contribution is -0.144. The number of methoxy groups -OCH3 is 1. The number of para-hydroxylation sites is 2. The molecular formula is C23H33N7O2. The van der Waals surface area contributed by atoms with Gasteiger partial charge in [-0.25, -0.2) is 0 Å². The Balaban J connectivity index is 1.17. The summed E-state index contributed by atoms with van der Waals surface area (Å²) in [4.78, 5) is 20.3. The molecule has 1 aromatic carbocycles. The van der Waals surface area contributed by atoms with Gasteiger partial charge in [-0.2, -0.15) is 0 Å². The van der Waals surface area contributed by atoms with E-state index >= 15 is 0 Å². The third-order valence-corrected chi connectivity index (χ3v) is 7.41. The molecule has 0 saturated carbocycles. The summed E-state index contributed by atoms with van der Waals surface area (Å²) in [5, 5.41) is 8.31. The van der Waals surface area contributed by atoms with Crippen molar-refractivity contribution in [1.29, 1.82) is 0 Å². The van der Waals surface area contributed by atoms with Crippen LogP contribution in [-0.2, 0) is 17.9 Å². The Morgan fingerprint density at radius 1 is 1.19 bits per heavy atom. The first-order chi connectivity index (χ1) is 15.7. The molecule has 2 bridgehead atoms. The number of piperazine rings is 1. The number of carbonyl (C=O) groups is 1. The topological polar surface area (TPSA) is 92.8 Å². The average Bonchev–Trinajstić information content (AvgIpc) is 3.31. The third kappa shape index (κ3) is 4.06. The van der Waals surface area contributed by atoms with Gasteiger partial charge in [0.1, 0.15) is 5.75 Å². The van der Waals surface area contributed by atoms with Crippen molar-refractivity contribution in [2.75, 3.05) is 51.3 Å². The van der Waals surface area contributed by atoms with E-state index < -0.39 is 0 Å². The normalized spacial score (nSPS) is 27.6. The van der Waals surface area contributed by atoms with Crippen LogP contribution >= 0.6 is 0 Å². The summed E-state index contributed by atoms with van der Waals surface area (Å²) >= 11 is 0. The van der Waals surface area contributed by atoms with E-state index in [0.29, 0.717) is 24.4 Å². The molecule has 1 aromatic heterocycles. The lowest BCUT2D eigenvalue weighted by Crippen LogP contribution is -2.60. The van der Waals surface area contributed by atoms with Crippen LogP contribution in [0.5, 0.6) is 5.75 Å². The van der Waals surface area contributed by atoms with Crippen LogP contribution in [-0.4, -0.2) is 83.1 Å². The van der Waals surface area contributed by atoms with Gasteiger partial charge in [-0.3, -0.25) is 14.4 Å². The number of nitrogens with two attached hydrogens (primary N) is 1. The van der Waals surface area contributed by atoms with Gasteiger partial charge in [-0.15, -0.1) is 5.10 Å². The zero-order chi connectivity index (χ0) is 22.1. The van der Waals surface area contributed by atoms with E-state index in [1.165, 1.54) is 0 Å². The van der Waals surface area contributed by atoms with Gasteiger partial charge >= 0.3 is 0 Å². The summed E-state index contributed by atoms with van der Waals surface area (Å²) in [6, 6.07) is 8.53. The van der Waals surface area contributed by atoms with Crippen LogP contribution < -0.4 is 15.4 Å². The highest BCUT2D eigenvalue weighted by atomic mass is 16.5. The Labute approximate surface area is 189 Å². The standard InChI is InChI=1S/C23H33N7O2/c1-32-22-5-3-2-4-21(22)27-8-10-28(11-9-27)23(31)20-16-29-7-6-17(20)12-19(29)15-30-14-18(13-24)25-26-30/h2-5,14,17,19-20H,6-13,15-16,24H2,1H3/t17-,19-,20+/m1/s1. The molecule has 4 atom stereocenters. The fourth-order valence-electron chi connectivity index (χ4n) is 5.64.